The largest absolute Gasteiger partial charge is 0.373 e. The van der Waals surface area contributed by atoms with Gasteiger partial charge in [-0.3, -0.25) is 0 Å². The molecule has 2 aromatic rings. The lowest BCUT2D eigenvalue weighted by Gasteiger charge is -2.23. The first-order valence-electron chi connectivity index (χ1n) is 6.38. The number of thiophene rings is 1. The van der Waals surface area contributed by atoms with Gasteiger partial charge in [-0.2, -0.15) is 11.3 Å². The van der Waals surface area contributed by atoms with Crippen LogP contribution in [-0.2, 0) is 6.54 Å². The zero-order valence-corrected chi connectivity index (χ0v) is 12.7. The standard InChI is InChI=1S/C14H20N4S/c1-10(2)12-13(15-3)16-9-17-14(12)18(4)7-11-5-6-19-8-11/h5-6,8-10H,7H2,1-4H3,(H,15,16,17). The highest BCUT2D eigenvalue weighted by atomic mass is 32.1. The molecule has 0 saturated heterocycles. The smallest absolute Gasteiger partial charge is 0.137 e. The van der Waals surface area contributed by atoms with Crippen LogP contribution >= 0.6 is 11.3 Å². The molecule has 4 nitrogen and oxygen atoms in total. The number of anilines is 2. The van der Waals surface area contributed by atoms with Crippen molar-refractivity contribution in [2.45, 2.75) is 26.3 Å². The lowest BCUT2D eigenvalue weighted by molar-refractivity contribution is 0.811. The predicted octanol–water partition coefficient (Wildman–Crippen LogP) is 3.34. The highest BCUT2D eigenvalue weighted by Gasteiger charge is 2.17. The Bertz CT molecular complexity index is 522. The Kier molecular flexibility index (Phi) is 4.37. The molecule has 2 aromatic heterocycles. The zero-order valence-electron chi connectivity index (χ0n) is 11.8. The van der Waals surface area contributed by atoms with Crippen LogP contribution in [0.5, 0.6) is 0 Å². The molecule has 5 heteroatoms. The Morgan fingerprint density at radius 2 is 2.16 bits per heavy atom. The van der Waals surface area contributed by atoms with Crippen molar-refractivity contribution in [1.29, 1.82) is 0 Å². The Hall–Kier alpha value is -1.62. The van der Waals surface area contributed by atoms with Crippen molar-refractivity contribution < 1.29 is 0 Å². The molecule has 0 fully saturated rings. The lowest BCUT2D eigenvalue weighted by atomic mass is 10.0. The van der Waals surface area contributed by atoms with E-state index in [0.717, 1.165) is 18.2 Å². The number of aromatic nitrogens is 2. The second-order valence-electron chi connectivity index (χ2n) is 4.85. The van der Waals surface area contributed by atoms with E-state index >= 15 is 0 Å². The van der Waals surface area contributed by atoms with Gasteiger partial charge < -0.3 is 10.2 Å². The molecular weight excluding hydrogens is 256 g/mol. The van der Waals surface area contributed by atoms with Crippen LogP contribution in [0.3, 0.4) is 0 Å². The van der Waals surface area contributed by atoms with E-state index in [-0.39, 0.29) is 0 Å². The second kappa shape index (κ2) is 6.02. The molecule has 0 aromatic carbocycles. The predicted molar refractivity (Wildman–Crippen MR) is 82.1 cm³/mol. The van der Waals surface area contributed by atoms with E-state index in [1.807, 2.05) is 7.05 Å². The summed E-state index contributed by atoms with van der Waals surface area (Å²) in [5.41, 5.74) is 2.48. The Balaban J connectivity index is 2.32. The van der Waals surface area contributed by atoms with Crippen LogP contribution < -0.4 is 10.2 Å². The van der Waals surface area contributed by atoms with Crippen LogP contribution in [-0.4, -0.2) is 24.1 Å². The van der Waals surface area contributed by atoms with E-state index in [4.69, 9.17) is 0 Å². The maximum absolute atomic E-state index is 4.47. The van der Waals surface area contributed by atoms with Crippen molar-refractivity contribution in [2.24, 2.45) is 0 Å². The fraction of sp³-hybridized carbons (Fsp3) is 0.429. The number of rotatable bonds is 5. The molecule has 0 amide bonds. The maximum Gasteiger partial charge on any atom is 0.137 e. The molecule has 19 heavy (non-hydrogen) atoms. The molecule has 0 spiro atoms. The monoisotopic (exact) mass is 276 g/mol. The van der Waals surface area contributed by atoms with Gasteiger partial charge in [0.25, 0.3) is 0 Å². The molecule has 0 bridgehead atoms. The summed E-state index contributed by atoms with van der Waals surface area (Å²) in [6, 6.07) is 2.15. The molecule has 2 rings (SSSR count). The van der Waals surface area contributed by atoms with E-state index in [1.165, 1.54) is 11.1 Å². The maximum atomic E-state index is 4.47. The first-order valence-corrected chi connectivity index (χ1v) is 7.32. The SMILES string of the molecule is CNc1ncnc(N(C)Cc2ccsc2)c1C(C)C. The Labute approximate surface area is 118 Å². The first kappa shape index (κ1) is 13.8. The molecule has 0 atom stereocenters. The molecule has 0 saturated carbocycles. The van der Waals surface area contributed by atoms with Crippen LogP contribution in [0.2, 0.25) is 0 Å². The normalized spacial score (nSPS) is 10.8. The summed E-state index contributed by atoms with van der Waals surface area (Å²) >= 11 is 1.72. The highest BCUT2D eigenvalue weighted by molar-refractivity contribution is 7.07. The number of nitrogens with zero attached hydrogens (tertiary/aromatic N) is 3. The molecule has 0 radical (unpaired) electrons. The average molecular weight is 276 g/mol. The van der Waals surface area contributed by atoms with Gasteiger partial charge in [-0.15, -0.1) is 0 Å². The van der Waals surface area contributed by atoms with Gasteiger partial charge in [-0.1, -0.05) is 13.8 Å². The van der Waals surface area contributed by atoms with Crippen LogP contribution in [0.1, 0.15) is 30.9 Å². The van der Waals surface area contributed by atoms with Gasteiger partial charge in [0.1, 0.15) is 18.0 Å². The van der Waals surface area contributed by atoms with E-state index in [9.17, 15) is 0 Å². The van der Waals surface area contributed by atoms with Crippen molar-refractivity contribution in [3.05, 3.63) is 34.3 Å². The summed E-state index contributed by atoms with van der Waals surface area (Å²) in [5.74, 6) is 2.29. The van der Waals surface area contributed by atoms with Gasteiger partial charge in [0.05, 0.1) is 0 Å². The van der Waals surface area contributed by atoms with E-state index in [1.54, 1.807) is 17.7 Å². The van der Waals surface area contributed by atoms with Crippen molar-refractivity contribution in [1.82, 2.24) is 9.97 Å². The topological polar surface area (TPSA) is 41.1 Å². The van der Waals surface area contributed by atoms with Crippen LogP contribution in [0.15, 0.2) is 23.2 Å². The minimum atomic E-state index is 0.378. The molecule has 0 aliphatic heterocycles. The highest BCUT2D eigenvalue weighted by Crippen LogP contribution is 2.30. The van der Waals surface area contributed by atoms with Gasteiger partial charge in [-0.25, -0.2) is 9.97 Å². The lowest BCUT2D eigenvalue weighted by Crippen LogP contribution is -2.20. The summed E-state index contributed by atoms with van der Waals surface area (Å²) in [7, 11) is 3.97. The van der Waals surface area contributed by atoms with E-state index in [0.29, 0.717) is 5.92 Å². The summed E-state index contributed by atoms with van der Waals surface area (Å²) < 4.78 is 0. The van der Waals surface area contributed by atoms with Crippen molar-refractivity contribution in [2.75, 3.05) is 24.3 Å². The third-order valence-corrected chi connectivity index (χ3v) is 3.77. The fourth-order valence-corrected chi connectivity index (χ4v) is 2.81. The molecule has 0 aliphatic rings. The zero-order chi connectivity index (χ0) is 13.8. The van der Waals surface area contributed by atoms with Gasteiger partial charge >= 0.3 is 0 Å². The van der Waals surface area contributed by atoms with Gasteiger partial charge in [-0.05, 0) is 28.3 Å². The van der Waals surface area contributed by atoms with Crippen LogP contribution in [0, 0.1) is 0 Å². The number of hydrogen-bond acceptors (Lipinski definition) is 5. The van der Waals surface area contributed by atoms with Crippen LogP contribution in [0.4, 0.5) is 11.6 Å². The van der Waals surface area contributed by atoms with Crippen molar-refractivity contribution in [3.63, 3.8) is 0 Å². The number of nitrogens with one attached hydrogen (secondary N) is 1. The quantitative estimate of drug-likeness (QED) is 0.909. The summed E-state index contributed by atoms with van der Waals surface area (Å²) in [4.78, 5) is 11.0. The van der Waals surface area contributed by atoms with Gasteiger partial charge in [0.2, 0.25) is 0 Å². The first-order chi connectivity index (χ1) is 9.13. The van der Waals surface area contributed by atoms with Crippen LogP contribution in [0.25, 0.3) is 0 Å². The molecule has 2 heterocycles. The number of hydrogen-bond donors (Lipinski definition) is 1. The Morgan fingerprint density at radius 3 is 2.74 bits per heavy atom. The van der Waals surface area contributed by atoms with Gasteiger partial charge in [0.15, 0.2) is 0 Å². The molecule has 0 unspecified atom stereocenters. The van der Waals surface area contributed by atoms with E-state index in [2.05, 4.69) is 57.9 Å². The van der Waals surface area contributed by atoms with Gasteiger partial charge in [0, 0.05) is 26.2 Å². The molecular formula is C14H20N4S. The molecule has 102 valence electrons. The van der Waals surface area contributed by atoms with Crippen molar-refractivity contribution in [3.8, 4) is 0 Å². The molecule has 1 N–H and O–H groups in total. The second-order valence-corrected chi connectivity index (χ2v) is 5.63. The minimum absolute atomic E-state index is 0.378. The summed E-state index contributed by atoms with van der Waals surface area (Å²) in [6.45, 7) is 5.20. The minimum Gasteiger partial charge on any atom is -0.373 e. The summed E-state index contributed by atoms with van der Waals surface area (Å²) in [5, 5.41) is 7.43. The average Bonchev–Trinajstić information content (AvgIpc) is 2.90. The molecule has 0 aliphatic carbocycles. The van der Waals surface area contributed by atoms with Crippen molar-refractivity contribution >= 4 is 23.0 Å². The summed E-state index contributed by atoms with van der Waals surface area (Å²) in [6.07, 6.45) is 1.62. The third kappa shape index (κ3) is 3.04. The van der Waals surface area contributed by atoms with E-state index < -0.39 is 0 Å². The fourth-order valence-electron chi connectivity index (χ4n) is 2.15. The third-order valence-electron chi connectivity index (χ3n) is 3.04. The Morgan fingerprint density at radius 1 is 1.37 bits per heavy atom.